The van der Waals surface area contributed by atoms with Crippen molar-refractivity contribution < 1.29 is 29.4 Å². The van der Waals surface area contributed by atoms with E-state index in [-0.39, 0.29) is 23.2 Å². The van der Waals surface area contributed by atoms with Crippen LogP contribution in [0.2, 0.25) is 0 Å². The minimum absolute atomic E-state index is 0.0605. The van der Waals surface area contributed by atoms with E-state index in [1.165, 1.54) is 0 Å². The number of rotatable bonds is 4. The van der Waals surface area contributed by atoms with Gasteiger partial charge >= 0.3 is 11.9 Å². The second-order valence-corrected chi connectivity index (χ2v) is 6.49. The summed E-state index contributed by atoms with van der Waals surface area (Å²) in [5, 5.41) is 19.3. The van der Waals surface area contributed by atoms with E-state index in [0.29, 0.717) is 5.56 Å². The smallest absolute Gasteiger partial charge is 0.335 e. The SMILES string of the molecule is O=C(O)c1cc(C(=O)O)cc(N2C(=O)CC(c3c[nH]c4ccccc34)C2=O)c1. The number of hydrogen-bond donors (Lipinski definition) is 3. The van der Waals surface area contributed by atoms with E-state index in [0.717, 1.165) is 34.0 Å². The molecule has 0 radical (unpaired) electrons. The Morgan fingerprint density at radius 3 is 2.29 bits per heavy atom. The average molecular weight is 378 g/mol. The maximum absolute atomic E-state index is 13.0. The normalized spacial score (nSPS) is 16.7. The van der Waals surface area contributed by atoms with Gasteiger partial charge in [0.2, 0.25) is 11.8 Å². The molecule has 1 aliphatic heterocycles. The first-order valence-electron chi connectivity index (χ1n) is 8.41. The number of benzene rings is 2. The van der Waals surface area contributed by atoms with E-state index >= 15 is 0 Å². The first-order chi connectivity index (χ1) is 13.4. The van der Waals surface area contributed by atoms with Crippen LogP contribution in [0.3, 0.4) is 0 Å². The van der Waals surface area contributed by atoms with Crippen molar-refractivity contribution in [3.63, 3.8) is 0 Å². The molecule has 2 amide bonds. The largest absolute Gasteiger partial charge is 0.478 e. The fourth-order valence-electron chi connectivity index (χ4n) is 3.52. The van der Waals surface area contributed by atoms with E-state index in [4.69, 9.17) is 0 Å². The monoisotopic (exact) mass is 378 g/mol. The number of nitrogens with zero attached hydrogens (tertiary/aromatic N) is 1. The summed E-state index contributed by atoms with van der Waals surface area (Å²) in [7, 11) is 0. The van der Waals surface area contributed by atoms with Crippen LogP contribution in [-0.4, -0.2) is 39.0 Å². The van der Waals surface area contributed by atoms with Crippen LogP contribution in [0.4, 0.5) is 5.69 Å². The zero-order valence-electron chi connectivity index (χ0n) is 14.4. The van der Waals surface area contributed by atoms with Gasteiger partial charge < -0.3 is 15.2 Å². The number of carbonyl (C=O) groups is 4. The predicted molar refractivity (Wildman–Crippen MR) is 98.5 cm³/mol. The van der Waals surface area contributed by atoms with Gasteiger partial charge in [0.25, 0.3) is 0 Å². The molecule has 140 valence electrons. The van der Waals surface area contributed by atoms with Crippen LogP contribution in [0.1, 0.15) is 38.6 Å². The molecule has 28 heavy (non-hydrogen) atoms. The lowest BCUT2D eigenvalue weighted by Crippen LogP contribution is -2.30. The topological polar surface area (TPSA) is 128 Å². The van der Waals surface area contributed by atoms with Gasteiger partial charge in [-0.15, -0.1) is 0 Å². The third-order valence-corrected chi connectivity index (χ3v) is 4.81. The van der Waals surface area contributed by atoms with Gasteiger partial charge in [0.1, 0.15) is 0 Å². The van der Waals surface area contributed by atoms with Gasteiger partial charge in [-0.1, -0.05) is 18.2 Å². The van der Waals surface area contributed by atoms with Crippen molar-refractivity contribution in [2.24, 2.45) is 0 Å². The molecule has 3 N–H and O–H groups in total. The molecule has 4 rings (SSSR count). The summed E-state index contributed by atoms with van der Waals surface area (Å²) < 4.78 is 0. The molecule has 8 nitrogen and oxygen atoms in total. The molecule has 2 heterocycles. The quantitative estimate of drug-likeness (QED) is 0.599. The Kier molecular flexibility index (Phi) is 3.96. The van der Waals surface area contributed by atoms with E-state index in [1.54, 1.807) is 6.20 Å². The molecule has 2 aromatic carbocycles. The molecule has 0 aliphatic carbocycles. The van der Waals surface area contributed by atoms with Crippen molar-refractivity contribution in [2.75, 3.05) is 4.90 Å². The molecular formula is C20H14N2O6. The predicted octanol–water partition coefficient (Wildman–Crippen LogP) is 2.61. The molecule has 0 spiro atoms. The summed E-state index contributed by atoms with van der Waals surface area (Å²) in [5.74, 6) is -4.47. The van der Waals surface area contributed by atoms with Crippen LogP contribution >= 0.6 is 0 Å². The standard InChI is InChI=1S/C20H14N2O6/c23-17-8-14(15-9-21-16-4-2-1-3-13(15)16)18(24)22(17)12-6-10(19(25)26)5-11(7-12)20(27)28/h1-7,9,14,21H,8H2,(H,25,26)(H,27,28). The van der Waals surface area contributed by atoms with Crippen LogP contribution in [-0.2, 0) is 9.59 Å². The number of aromatic nitrogens is 1. The van der Waals surface area contributed by atoms with E-state index in [2.05, 4.69) is 4.98 Å². The Hall–Kier alpha value is -3.94. The third kappa shape index (κ3) is 2.71. The van der Waals surface area contributed by atoms with Crippen molar-refractivity contribution in [2.45, 2.75) is 12.3 Å². The van der Waals surface area contributed by atoms with Crippen LogP contribution in [0, 0.1) is 0 Å². The number of carboxylic acid groups (broad SMARTS) is 2. The third-order valence-electron chi connectivity index (χ3n) is 4.81. The molecule has 1 saturated heterocycles. The van der Waals surface area contributed by atoms with Crippen molar-refractivity contribution in [1.29, 1.82) is 0 Å². The summed E-state index contributed by atoms with van der Waals surface area (Å²) in [6.07, 6.45) is 1.60. The summed E-state index contributed by atoms with van der Waals surface area (Å²) in [6.45, 7) is 0. The lowest BCUT2D eigenvalue weighted by Gasteiger charge is -2.16. The van der Waals surface area contributed by atoms with Crippen LogP contribution in [0.5, 0.6) is 0 Å². The maximum Gasteiger partial charge on any atom is 0.335 e. The highest BCUT2D eigenvalue weighted by Gasteiger charge is 2.41. The summed E-state index contributed by atoms with van der Waals surface area (Å²) >= 11 is 0. The highest BCUT2D eigenvalue weighted by molar-refractivity contribution is 6.23. The van der Waals surface area contributed by atoms with Crippen LogP contribution in [0.25, 0.3) is 10.9 Å². The number of amides is 2. The molecular weight excluding hydrogens is 364 g/mol. The summed E-state index contributed by atoms with van der Waals surface area (Å²) in [4.78, 5) is 52.2. The molecule has 1 aromatic heterocycles. The van der Waals surface area contributed by atoms with E-state index in [9.17, 15) is 29.4 Å². The number of aromatic amines is 1. The van der Waals surface area contributed by atoms with E-state index < -0.39 is 29.7 Å². The molecule has 0 bridgehead atoms. The Morgan fingerprint density at radius 1 is 1.00 bits per heavy atom. The molecule has 1 atom stereocenters. The second-order valence-electron chi connectivity index (χ2n) is 6.49. The summed E-state index contributed by atoms with van der Waals surface area (Å²) in [5.41, 5.74) is 0.813. The minimum Gasteiger partial charge on any atom is -0.478 e. The average Bonchev–Trinajstić information content (AvgIpc) is 3.21. The highest BCUT2D eigenvalue weighted by atomic mass is 16.4. The molecule has 8 heteroatoms. The number of nitrogens with one attached hydrogen (secondary N) is 1. The van der Waals surface area contributed by atoms with Gasteiger partial charge in [-0.25, -0.2) is 14.5 Å². The van der Waals surface area contributed by atoms with Gasteiger partial charge in [0.05, 0.1) is 22.7 Å². The Balaban J connectivity index is 1.78. The van der Waals surface area contributed by atoms with Gasteiger partial charge in [0, 0.05) is 23.5 Å². The lowest BCUT2D eigenvalue weighted by atomic mass is 9.97. The number of para-hydroxylation sites is 1. The highest BCUT2D eigenvalue weighted by Crippen LogP contribution is 2.37. The Bertz CT molecular complexity index is 1130. The first kappa shape index (κ1) is 17.5. The van der Waals surface area contributed by atoms with E-state index in [1.807, 2.05) is 24.3 Å². The number of aromatic carboxylic acids is 2. The van der Waals surface area contributed by atoms with Gasteiger partial charge in [-0.2, -0.15) is 0 Å². The van der Waals surface area contributed by atoms with Gasteiger partial charge in [0.15, 0.2) is 0 Å². The number of carbonyl (C=O) groups excluding carboxylic acids is 2. The lowest BCUT2D eigenvalue weighted by molar-refractivity contribution is -0.121. The van der Waals surface area contributed by atoms with Gasteiger partial charge in [-0.05, 0) is 29.8 Å². The molecule has 1 unspecified atom stereocenters. The number of hydrogen-bond acceptors (Lipinski definition) is 4. The number of fused-ring (bicyclic) bond motifs is 1. The molecule has 1 aliphatic rings. The minimum atomic E-state index is -1.35. The maximum atomic E-state index is 13.0. The van der Waals surface area contributed by atoms with Crippen molar-refractivity contribution in [3.8, 4) is 0 Å². The number of imide groups is 1. The van der Waals surface area contributed by atoms with Crippen LogP contribution < -0.4 is 4.90 Å². The van der Waals surface area contributed by atoms with Crippen molar-refractivity contribution in [3.05, 3.63) is 65.4 Å². The number of anilines is 1. The Labute approximate surface area is 158 Å². The second kappa shape index (κ2) is 6.34. The van der Waals surface area contributed by atoms with Gasteiger partial charge in [-0.3, -0.25) is 9.59 Å². The zero-order valence-corrected chi connectivity index (χ0v) is 14.4. The Morgan fingerprint density at radius 2 is 1.64 bits per heavy atom. The number of carboxylic acids is 2. The van der Waals surface area contributed by atoms with Crippen molar-refractivity contribution >= 4 is 40.3 Å². The fraction of sp³-hybridized carbons (Fsp3) is 0.100. The summed E-state index contributed by atoms with van der Waals surface area (Å²) in [6, 6.07) is 10.6. The molecule has 0 saturated carbocycles. The number of H-pyrrole nitrogens is 1. The zero-order chi connectivity index (χ0) is 20.0. The van der Waals surface area contributed by atoms with Crippen molar-refractivity contribution in [1.82, 2.24) is 4.98 Å². The first-order valence-corrected chi connectivity index (χ1v) is 8.41. The van der Waals surface area contributed by atoms with Crippen LogP contribution in [0.15, 0.2) is 48.7 Å². The molecule has 1 fully saturated rings. The molecule has 3 aromatic rings. The fourth-order valence-corrected chi connectivity index (χ4v) is 3.52.